The standard InChI is InChI=1S/C23H21N3O4/c1-4-13-29-17-11-9-16(10-12-17)23(28)30-15-21(27)18(14-24)22-25(2)19-7-5-6-8-20(19)26(22)3/h4-12H,1,13,15H2,2-3H3. The number of hydrogen-bond donors (Lipinski definition) is 0. The van der Waals surface area contributed by atoms with E-state index in [1.807, 2.05) is 30.3 Å². The number of carbonyl (C=O) groups excluding carboxylic acids is 2. The molecular weight excluding hydrogens is 382 g/mol. The van der Waals surface area contributed by atoms with Crippen LogP contribution in [0.25, 0.3) is 0 Å². The maximum atomic E-state index is 12.7. The van der Waals surface area contributed by atoms with Crippen LogP contribution in [0.15, 0.2) is 72.6 Å². The first-order chi connectivity index (χ1) is 14.5. The lowest BCUT2D eigenvalue weighted by molar-refractivity contribution is -0.118. The van der Waals surface area contributed by atoms with Gasteiger partial charge in [-0.15, -0.1) is 0 Å². The molecule has 0 amide bonds. The predicted molar refractivity (Wildman–Crippen MR) is 113 cm³/mol. The fraction of sp³-hybridized carbons (Fsp3) is 0.174. The quantitative estimate of drug-likeness (QED) is 0.304. The maximum absolute atomic E-state index is 12.7. The summed E-state index contributed by atoms with van der Waals surface area (Å²) in [5.41, 5.74) is 1.97. The number of carbonyl (C=O) groups is 2. The van der Waals surface area contributed by atoms with Crippen LogP contribution in [0.5, 0.6) is 5.75 Å². The van der Waals surface area contributed by atoms with E-state index in [0.717, 1.165) is 11.4 Å². The molecule has 7 heteroatoms. The Kier molecular flexibility index (Phi) is 6.18. The number of hydrogen-bond acceptors (Lipinski definition) is 7. The van der Waals surface area contributed by atoms with Crippen LogP contribution in [0.1, 0.15) is 10.4 Å². The molecule has 2 aromatic carbocycles. The molecule has 0 aromatic heterocycles. The van der Waals surface area contributed by atoms with Crippen LogP contribution < -0.4 is 14.5 Å². The van der Waals surface area contributed by atoms with Gasteiger partial charge in [0.1, 0.15) is 29.8 Å². The molecule has 30 heavy (non-hydrogen) atoms. The first-order valence-corrected chi connectivity index (χ1v) is 9.23. The summed E-state index contributed by atoms with van der Waals surface area (Å²) in [5.74, 6) is -0.190. The van der Waals surface area contributed by atoms with Gasteiger partial charge in [-0.1, -0.05) is 24.8 Å². The largest absolute Gasteiger partial charge is 0.490 e. The molecule has 0 unspecified atom stereocenters. The van der Waals surface area contributed by atoms with Crippen LogP contribution in [0.2, 0.25) is 0 Å². The zero-order chi connectivity index (χ0) is 21.7. The third-order valence-electron chi connectivity index (χ3n) is 4.65. The highest BCUT2D eigenvalue weighted by atomic mass is 16.5. The van der Waals surface area contributed by atoms with Gasteiger partial charge in [-0.25, -0.2) is 4.79 Å². The van der Waals surface area contributed by atoms with Crippen molar-refractivity contribution in [2.24, 2.45) is 0 Å². The first kappa shape index (κ1) is 20.7. The lowest BCUT2D eigenvalue weighted by Gasteiger charge is -2.19. The third kappa shape index (κ3) is 4.03. The van der Waals surface area contributed by atoms with Crippen molar-refractivity contribution < 1.29 is 19.1 Å². The molecule has 1 aliphatic rings. The molecule has 3 rings (SSSR count). The van der Waals surface area contributed by atoms with Crippen LogP contribution in [0.3, 0.4) is 0 Å². The molecule has 152 valence electrons. The average molecular weight is 403 g/mol. The number of nitrogens with zero attached hydrogens (tertiary/aromatic N) is 3. The number of fused-ring (bicyclic) bond motifs is 1. The molecule has 0 atom stereocenters. The highest BCUT2D eigenvalue weighted by Gasteiger charge is 2.31. The summed E-state index contributed by atoms with van der Waals surface area (Å²) in [7, 11) is 3.56. The third-order valence-corrected chi connectivity index (χ3v) is 4.65. The molecule has 0 fully saturated rings. The summed E-state index contributed by atoms with van der Waals surface area (Å²) in [6.45, 7) is 3.40. The number of esters is 1. The van der Waals surface area contributed by atoms with Crippen molar-refractivity contribution in [1.82, 2.24) is 0 Å². The zero-order valence-electron chi connectivity index (χ0n) is 16.8. The second kappa shape index (κ2) is 8.97. The van der Waals surface area contributed by atoms with Gasteiger partial charge in [-0.05, 0) is 36.4 Å². The summed E-state index contributed by atoms with van der Waals surface area (Å²) in [4.78, 5) is 28.5. The van der Waals surface area contributed by atoms with Gasteiger partial charge in [0.25, 0.3) is 0 Å². The van der Waals surface area contributed by atoms with Gasteiger partial charge >= 0.3 is 5.97 Å². The van der Waals surface area contributed by atoms with Gasteiger partial charge < -0.3 is 19.3 Å². The van der Waals surface area contributed by atoms with E-state index < -0.39 is 18.4 Å². The van der Waals surface area contributed by atoms with Crippen LogP contribution in [0.4, 0.5) is 11.4 Å². The first-order valence-electron chi connectivity index (χ1n) is 9.23. The molecule has 0 spiro atoms. The number of Topliss-reactive ketones (excluding diaryl/α,β-unsaturated/α-hetero) is 1. The lowest BCUT2D eigenvalue weighted by Crippen LogP contribution is -2.27. The molecule has 0 N–H and O–H groups in total. The molecule has 7 nitrogen and oxygen atoms in total. The van der Waals surface area contributed by atoms with Gasteiger partial charge in [-0.2, -0.15) is 5.26 Å². The second-order valence-electron chi connectivity index (χ2n) is 6.54. The monoisotopic (exact) mass is 403 g/mol. The van der Waals surface area contributed by atoms with Crippen molar-refractivity contribution in [1.29, 1.82) is 5.26 Å². The van der Waals surface area contributed by atoms with E-state index >= 15 is 0 Å². The van der Waals surface area contributed by atoms with Crippen molar-refractivity contribution in [3.8, 4) is 11.8 Å². The van der Waals surface area contributed by atoms with Gasteiger partial charge in [0.15, 0.2) is 6.61 Å². The number of nitriles is 1. The Morgan fingerprint density at radius 2 is 1.67 bits per heavy atom. The van der Waals surface area contributed by atoms with Crippen molar-refractivity contribution in [2.75, 3.05) is 37.1 Å². The van der Waals surface area contributed by atoms with Gasteiger partial charge in [0.05, 0.1) is 16.9 Å². The molecule has 0 saturated carbocycles. The van der Waals surface area contributed by atoms with Crippen LogP contribution in [-0.2, 0) is 9.53 Å². The van der Waals surface area contributed by atoms with E-state index in [-0.39, 0.29) is 11.1 Å². The van der Waals surface area contributed by atoms with Crippen molar-refractivity contribution in [2.45, 2.75) is 0 Å². The molecule has 0 bridgehead atoms. The van der Waals surface area contributed by atoms with Gasteiger partial charge in [0, 0.05) is 14.1 Å². The van der Waals surface area contributed by atoms with E-state index in [1.165, 1.54) is 0 Å². The number of rotatable bonds is 7. The topological polar surface area (TPSA) is 82.9 Å². The molecule has 0 saturated heterocycles. The Morgan fingerprint density at radius 3 is 2.20 bits per heavy atom. The number of benzene rings is 2. The summed E-state index contributed by atoms with van der Waals surface area (Å²) in [6.07, 6.45) is 1.62. The fourth-order valence-corrected chi connectivity index (χ4v) is 3.19. The Morgan fingerprint density at radius 1 is 1.07 bits per heavy atom. The van der Waals surface area contributed by atoms with Crippen molar-refractivity contribution in [3.63, 3.8) is 0 Å². The number of ether oxygens (including phenoxy) is 2. The summed E-state index contributed by atoms with van der Waals surface area (Å²) < 4.78 is 10.5. The average Bonchev–Trinajstić information content (AvgIpc) is 3.02. The molecule has 1 aliphatic heterocycles. The SMILES string of the molecule is C=CCOc1ccc(C(=O)OCC(=O)C(C#N)=C2N(C)c3ccccc3N2C)cc1. The highest BCUT2D eigenvalue weighted by Crippen LogP contribution is 2.40. The molecule has 0 radical (unpaired) electrons. The number of ketones is 1. The predicted octanol–water partition coefficient (Wildman–Crippen LogP) is 3.30. The number of anilines is 2. The summed E-state index contributed by atoms with van der Waals surface area (Å²) in [5, 5.41) is 9.61. The smallest absolute Gasteiger partial charge is 0.338 e. The minimum Gasteiger partial charge on any atom is -0.490 e. The lowest BCUT2D eigenvalue weighted by atomic mass is 10.2. The Balaban J connectivity index is 1.71. The van der Waals surface area contributed by atoms with E-state index in [1.54, 1.807) is 54.2 Å². The molecule has 2 aromatic rings. The highest BCUT2D eigenvalue weighted by molar-refractivity contribution is 6.04. The van der Waals surface area contributed by atoms with E-state index in [4.69, 9.17) is 9.47 Å². The minimum atomic E-state index is -0.655. The van der Waals surface area contributed by atoms with Crippen LogP contribution in [0, 0.1) is 11.3 Å². The maximum Gasteiger partial charge on any atom is 0.338 e. The zero-order valence-corrected chi connectivity index (χ0v) is 16.8. The van der Waals surface area contributed by atoms with Gasteiger partial charge in [-0.3, -0.25) is 4.79 Å². The summed E-state index contributed by atoms with van der Waals surface area (Å²) >= 11 is 0. The second-order valence-corrected chi connectivity index (χ2v) is 6.54. The summed E-state index contributed by atoms with van der Waals surface area (Å²) in [6, 6.07) is 15.9. The van der Waals surface area contributed by atoms with Crippen molar-refractivity contribution >= 4 is 23.1 Å². The minimum absolute atomic E-state index is 0.0721. The Hall–Kier alpha value is -4.05. The number of para-hydroxylation sites is 2. The van der Waals surface area contributed by atoms with E-state index in [0.29, 0.717) is 18.2 Å². The molecular formula is C23H21N3O4. The van der Waals surface area contributed by atoms with E-state index in [2.05, 4.69) is 6.58 Å². The van der Waals surface area contributed by atoms with Crippen LogP contribution >= 0.6 is 0 Å². The Labute approximate surface area is 175 Å². The fourth-order valence-electron chi connectivity index (χ4n) is 3.19. The van der Waals surface area contributed by atoms with Crippen molar-refractivity contribution in [3.05, 3.63) is 78.1 Å². The van der Waals surface area contributed by atoms with Crippen LogP contribution in [-0.4, -0.2) is 39.1 Å². The van der Waals surface area contributed by atoms with E-state index in [9.17, 15) is 14.9 Å². The normalized spacial score (nSPS) is 12.1. The molecule has 1 heterocycles. The van der Waals surface area contributed by atoms with Gasteiger partial charge in [0.2, 0.25) is 5.78 Å². The Bertz CT molecular complexity index is 1020. The molecule has 0 aliphatic carbocycles.